The van der Waals surface area contributed by atoms with Crippen molar-refractivity contribution in [3.8, 4) is 23.0 Å². The maximum Gasteiger partial charge on any atom is 0.338 e. The number of methoxy groups -OCH3 is 4. The summed E-state index contributed by atoms with van der Waals surface area (Å²) in [5, 5.41) is 14.9. The van der Waals surface area contributed by atoms with Crippen molar-refractivity contribution < 1.29 is 42.1 Å². The van der Waals surface area contributed by atoms with Crippen molar-refractivity contribution in [2.24, 2.45) is 0 Å². The SMILES string of the molecule is COC(=O)C1=C(CS(=O)(=O)c2cc(OC)ccc2OC)NC(=O)N[C@@H]1c1ccc(O)c(OC)c1. The van der Waals surface area contributed by atoms with Gasteiger partial charge in [0, 0.05) is 11.8 Å². The molecule has 0 spiro atoms. The first-order valence-corrected chi connectivity index (χ1v) is 11.5. The first-order valence-electron chi connectivity index (χ1n) is 9.85. The molecule has 3 rings (SSSR count). The van der Waals surface area contributed by atoms with Crippen LogP contribution in [0.15, 0.2) is 52.6 Å². The summed E-state index contributed by atoms with van der Waals surface area (Å²) < 4.78 is 47.0. The van der Waals surface area contributed by atoms with Crippen molar-refractivity contribution in [2.45, 2.75) is 10.9 Å². The number of carbonyl (C=O) groups excluding carboxylic acids is 2. The Morgan fingerprint density at radius 3 is 2.32 bits per heavy atom. The predicted molar refractivity (Wildman–Crippen MR) is 120 cm³/mol. The Labute approximate surface area is 196 Å². The standard InChI is InChI=1S/C22H24N2O9S/c1-30-13-6-8-16(31-2)18(10-13)34(28,29)11-14-19(21(26)33-4)20(24-22(27)23-14)12-5-7-15(25)17(9-12)32-3/h5-10,20,25H,11H2,1-4H3,(H2,23,24,27)/t20-/m1/s1. The number of nitrogens with one attached hydrogen (secondary N) is 2. The molecule has 1 aliphatic heterocycles. The van der Waals surface area contributed by atoms with Crippen molar-refractivity contribution >= 4 is 21.8 Å². The average Bonchev–Trinajstić information content (AvgIpc) is 2.82. The summed E-state index contributed by atoms with van der Waals surface area (Å²) in [6, 6.07) is 6.68. The second kappa shape index (κ2) is 9.91. The van der Waals surface area contributed by atoms with Crippen molar-refractivity contribution in [3.05, 3.63) is 53.2 Å². The lowest BCUT2D eigenvalue weighted by Crippen LogP contribution is -2.47. The van der Waals surface area contributed by atoms with Gasteiger partial charge in [-0.1, -0.05) is 6.07 Å². The number of aromatic hydroxyl groups is 1. The van der Waals surface area contributed by atoms with Crippen LogP contribution in [-0.4, -0.2) is 59.7 Å². The van der Waals surface area contributed by atoms with Gasteiger partial charge in [0.05, 0.1) is 45.8 Å². The lowest BCUT2D eigenvalue weighted by molar-refractivity contribution is -0.136. The fourth-order valence-corrected chi connectivity index (χ4v) is 5.02. The minimum absolute atomic E-state index is 0.0705. The molecule has 1 atom stereocenters. The molecule has 2 amide bonds. The Hall–Kier alpha value is -3.93. The molecule has 34 heavy (non-hydrogen) atoms. The number of hydrogen-bond acceptors (Lipinski definition) is 9. The van der Waals surface area contributed by atoms with Gasteiger partial charge in [-0.3, -0.25) is 0 Å². The van der Waals surface area contributed by atoms with E-state index in [1.165, 1.54) is 57.7 Å². The number of esters is 1. The zero-order valence-corrected chi connectivity index (χ0v) is 19.7. The average molecular weight is 493 g/mol. The lowest BCUT2D eigenvalue weighted by atomic mass is 9.95. The zero-order chi connectivity index (χ0) is 25.0. The number of hydrogen-bond donors (Lipinski definition) is 3. The van der Waals surface area contributed by atoms with Crippen LogP contribution in [0.1, 0.15) is 11.6 Å². The minimum atomic E-state index is -4.14. The van der Waals surface area contributed by atoms with Crippen LogP contribution in [0.4, 0.5) is 4.79 Å². The summed E-state index contributed by atoms with van der Waals surface area (Å²) in [7, 11) is 1.05. The van der Waals surface area contributed by atoms with Gasteiger partial charge in [-0.25, -0.2) is 18.0 Å². The van der Waals surface area contributed by atoms with E-state index in [9.17, 15) is 23.1 Å². The Bertz CT molecular complexity index is 1260. The van der Waals surface area contributed by atoms with Crippen LogP contribution in [0.25, 0.3) is 0 Å². The molecule has 182 valence electrons. The first-order chi connectivity index (χ1) is 16.1. The monoisotopic (exact) mass is 492 g/mol. The number of phenols is 1. The van der Waals surface area contributed by atoms with E-state index >= 15 is 0 Å². The topological polar surface area (TPSA) is 149 Å². The molecule has 0 aromatic heterocycles. The Morgan fingerprint density at radius 2 is 1.71 bits per heavy atom. The van der Waals surface area contributed by atoms with Crippen LogP contribution in [-0.2, 0) is 19.4 Å². The molecule has 1 heterocycles. The van der Waals surface area contributed by atoms with Crippen molar-refractivity contribution in [1.29, 1.82) is 0 Å². The second-order valence-corrected chi connectivity index (χ2v) is 9.08. The van der Waals surface area contributed by atoms with Gasteiger partial charge in [0.15, 0.2) is 21.3 Å². The number of amides is 2. The molecule has 0 aliphatic carbocycles. The van der Waals surface area contributed by atoms with Gasteiger partial charge in [-0.05, 0) is 29.8 Å². The molecular weight excluding hydrogens is 468 g/mol. The smallest absolute Gasteiger partial charge is 0.338 e. The number of phenolic OH excluding ortho intramolecular Hbond substituents is 1. The van der Waals surface area contributed by atoms with Crippen LogP contribution >= 0.6 is 0 Å². The molecule has 2 aromatic rings. The van der Waals surface area contributed by atoms with Crippen molar-refractivity contribution in [3.63, 3.8) is 0 Å². The summed E-state index contributed by atoms with van der Waals surface area (Å²) in [6.07, 6.45) is 0. The normalized spacial score (nSPS) is 15.8. The molecular formula is C22H24N2O9S. The van der Waals surface area contributed by atoms with E-state index in [0.29, 0.717) is 5.56 Å². The zero-order valence-electron chi connectivity index (χ0n) is 18.9. The Morgan fingerprint density at radius 1 is 1.00 bits per heavy atom. The number of carbonyl (C=O) groups is 2. The van der Waals surface area contributed by atoms with Crippen molar-refractivity contribution in [2.75, 3.05) is 34.2 Å². The molecule has 0 radical (unpaired) electrons. The van der Waals surface area contributed by atoms with Crippen LogP contribution in [0.5, 0.6) is 23.0 Å². The highest BCUT2D eigenvalue weighted by molar-refractivity contribution is 7.91. The third kappa shape index (κ3) is 4.86. The molecule has 1 aliphatic rings. The third-order valence-electron chi connectivity index (χ3n) is 5.14. The Balaban J connectivity index is 2.15. The predicted octanol–water partition coefficient (Wildman–Crippen LogP) is 1.67. The molecule has 0 saturated heterocycles. The number of rotatable bonds is 8. The van der Waals surface area contributed by atoms with Crippen LogP contribution in [0.3, 0.4) is 0 Å². The maximum absolute atomic E-state index is 13.4. The van der Waals surface area contributed by atoms with Gasteiger partial charge in [0.2, 0.25) is 0 Å². The molecule has 0 saturated carbocycles. The van der Waals surface area contributed by atoms with Crippen LogP contribution in [0, 0.1) is 0 Å². The second-order valence-electron chi connectivity index (χ2n) is 7.12. The van der Waals surface area contributed by atoms with Gasteiger partial charge < -0.3 is 34.7 Å². The van der Waals surface area contributed by atoms with Crippen LogP contribution in [0.2, 0.25) is 0 Å². The number of urea groups is 1. The summed E-state index contributed by atoms with van der Waals surface area (Å²) >= 11 is 0. The van der Waals surface area contributed by atoms with E-state index in [4.69, 9.17) is 18.9 Å². The van der Waals surface area contributed by atoms with E-state index < -0.39 is 33.6 Å². The maximum atomic E-state index is 13.4. The largest absolute Gasteiger partial charge is 0.504 e. The molecule has 0 bridgehead atoms. The lowest BCUT2D eigenvalue weighted by Gasteiger charge is -2.29. The molecule has 3 N–H and O–H groups in total. The van der Waals surface area contributed by atoms with Gasteiger partial charge in [-0.2, -0.15) is 0 Å². The van der Waals surface area contributed by atoms with E-state index in [1.807, 2.05) is 0 Å². The first kappa shape index (κ1) is 24.7. The molecule has 0 fully saturated rings. The highest BCUT2D eigenvalue weighted by Gasteiger charge is 2.36. The van der Waals surface area contributed by atoms with Crippen molar-refractivity contribution in [1.82, 2.24) is 10.6 Å². The summed E-state index contributed by atoms with van der Waals surface area (Å²) in [6.45, 7) is 0. The number of ether oxygens (including phenoxy) is 4. The quantitative estimate of drug-likeness (QED) is 0.468. The van der Waals surface area contributed by atoms with E-state index in [2.05, 4.69) is 10.6 Å². The van der Waals surface area contributed by atoms with Gasteiger partial charge in [0.25, 0.3) is 0 Å². The van der Waals surface area contributed by atoms with E-state index in [0.717, 1.165) is 7.11 Å². The highest BCUT2D eigenvalue weighted by Crippen LogP contribution is 2.35. The van der Waals surface area contributed by atoms with E-state index in [-0.39, 0.29) is 39.2 Å². The molecule has 11 nitrogen and oxygen atoms in total. The third-order valence-corrected chi connectivity index (χ3v) is 6.79. The molecule has 0 unspecified atom stereocenters. The fourth-order valence-electron chi connectivity index (χ4n) is 3.50. The van der Waals surface area contributed by atoms with Gasteiger partial charge >= 0.3 is 12.0 Å². The van der Waals surface area contributed by atoms with Gasteiger partial charge in [-0.15, -0.1) is 0 Å². The summed E-state index contributed by atoms with van der Waals surface area (Å²) in [5.41, 5.74) is 0.0663. The highest BCUT2D eigenvalue weighted by atomic mass is 32.2. The number of sulfone groups is 1. The summed E-state index contributed by atoms with van der Waals surface area (Å²) in [4.78, 5) is 25.0. The van der Waals surface area contributed by atoms with Crippen LogP contribution < -0.4 is 24.8 Å². The van der Waals surface area contributed by atoms with Gasteiger partial charge in [0.1, 0.15) is 16.4 Å². The fraction of sp³-hybridized carbons (Fsp3) is 0.273. The summed E-state index contributed by atoms with van der Waals surface area (Å²) in [5.74, 6) is -1.29. The number of benzene rings is 2. The van der Waals surface area contributed by atoms with E-state index in [1.54, 1.807) is 0 Å². The molecule has 2 aromatic carbocycles. The Kier molecular flexibility index (Phi) is 7.20. The molecule has 12 heteroatoms. The minimum Gasteiger partial charge on any atom is -0.504 e.